The average molecular weight is 160 g/mol. The van der Waals surface area contributed by atoms with Crippen molar-refractivity contribution in [2.45, 2.75) is 13.3 Å². The molecule has 0 radical (unpaired) electrons. The van der Waals surface area contributed by atoms with Crippen LogP contribution in [0.25, 0.3) is 0 Å². The predicted molar refractivity (Wildman–Crippen MR) is 37.8 cm³/mol. The first kappa shape index (κ1) is 9.94. The van der Waals surface area contributed by atoms with E-state index in [1.165, 1.54) is 14.2 Å². The third kappa shape index (κ3) is 3.60. The maximum Gasteiger partial charge on any atom is 0.308 e. The highest BCUT2D eigenvalue weighted by atomic mass is 16.5. The van der Waals surface area contributed by atoms with Crippen LogP contribution in [0.5, 0.6) is 0 Å². The molecule has 64 valence electrons. The lowest BCUT2D eigenvalue weighted by atomic mass is 10.1. The average Bonchev–Trinajstić information content (AvgIpc) is 2.02. The van der Waals surface area contributed by atoms with E-state index in [1.807, 2.05) is 0 Å². The monoisotopic (exact) mass is 160 g/mol. The van der Waals surface area contributed by atoms with Gasteiger partial charge in [0.05, 0.1) is 26.6 Å². The highest BCUT2D eigenvalue weighted by Crippen LogP contribution is 2.04. The van der Waals surface area contributed by atoms with E-state index in [1.54, 1.807) is 6.92 Å². The molecule has 0 fully saturated rings. The summed E-state index contributed by atoms with van der Waals surface area (Å²) in [5, 5.41) is 0. The van der Waals surface area contributed by atoms with Crippen molar-refractivity contribution >= 4 is 11.9 Å². The van der Waals surface area contributed by atoms with Crippen LogP contribution < -0.4 is 0 Å². The Morgan fingerprint density at radius 3 is 2.18 bits per heavy atom. The summed E-state index contributed by atoms with van der Waals surface area (Å²) in [4.78, 5) is 21.3. The molecule has 0 aromatic heterocycles. The second kappa shape index (κ2) is 4.71. The molecule has 0 aliphatic heterocycles. The Morgan fingerprint density at radius 1 is 1.27 bits per heavy atom. The fourth-order valence-corrected chi connectivity index (χ4v) is 0.618. The summed E-state index contributed by atoms with van der Waals surface area (Å²) in [6.45, 7) is 1.61. The number of ether oxygens (including phenoxy) is 2. The molecule has 0 heterocycles. The highest BCUT2D eigenvalue weighted by molar-refractivity contribution is 5.79. The van der Waals surface area contributed by atoms with Gasteiger partial charge in [0.2, 0.25) is 0 Å². The van der Waals surface area contributed by atoms with Crippen LogP contribution in [0, 0.1) is 5.92 Å². The fourth-order valence-electron chi connectivity index (χ4n) is 0.618. The molecule has 0 aromatic rings. The Morgan fingerprint density at radius 2 is 1.82 bits per heavy atom. The van der Waals surface area contributed by atoms with Gasteiger partial charge in [-0.1, -0.05) is 6.92 Å². The van der Waals surface area contributed by atoms with Crippen molar-refractivity contribution in [1.29, 1.82) is 0 Å². The third-order valence-corrected chi connectivity index (χ3v) is 1.30. The number of methoxy groups -OCH3 is 2. The van der Waals surface area contributed by atoms with Gasteiger partial charge in [0.15, 0.2) is 0 Å². The first-order valence-electron chi connectivity index (χ1n) is 3.26. The molecule has 1 atom stereocenters. The molecular formula is C7H12O4. The first-order chi connectivity index (χ1) is 5.11. The van der Waals surface area contributed by atoms with Gasteiger partial charge in [0.1, 0.15) is 0 Å². The van der Waals surface area contributed by atoms with Gasteiger partial charge in [-0.05, 0) is 0 Å². The number of carbonyl (C=O) groups excluding carboxylic acids is 2. The van der Waals surface area contributed by atoms with Crippen LogP contribution in [0.4, 0.5) is 0 Å². The SMILES string of the molecule is COC(=O)C[C@@H](C)C(=O)OC. The van der Waals surface area contributed by atoms with Gasteiger partial charge in [-0.15, -0.1) is 0 Å². The van der Waals surface area contributed by atoms with Gasteiger partial charge in [-0.2, -0.15) is 0 Å². The zero-order valence-electron chi connectivity index (χ0n) is 6.92. The van der Waals surface area contributed by atoms with Crippen LogP contribution in [0.15, 0.2) is 0 Å². The number of esters is 2. The van der Waals surface area contributed by atoms with Crippen molar-refractivity contribution in [3.63, 3.8) is 0 Å². The van der Waals surface area contributed by atoms with E-state index < -0.39 is 17.9 Å². The summed E-state index contributed by atoms with van der Waals surface area (Å²) in [6, 6.07) is 0. The van der Waals surface area contributed by atoms with E-state index in [0.717, 1.165) is 0 Å². The van der Waals surface area contributed by atoms with E-state index in [0.29, 0.717) is 0 Å². The summed E-state index contributed by atoms with van der Waals surface area (Å²) < 4.78 is 8.78. The highest BCUT2D eigenvalue weighted by Gasteiger charge is 2.17. The molecule has 0 rings (SSSR count). The number of hydrogen-bond donors (Lipinski definition) is 0. The van der Waals surface area contributed by atoms with Crippen LogP contribution in [-0.2, 0) is 19.1 Å². The van der Waals surface area contributed by atoms with E-state index in [9.17, 15) is 9.59 Å². The quantitative estimate of drug-likeness (QED) is 0.559. The van der Waals surface area contributed by atoms with Crippen LogP contribution in [0.2, 0.25) is 0 Å². The number of rotatable bonds is 3. The molecule has 11 heavy (non-hydrogen) atoms. The van der Waals surface area contributed by atoms with Crippen LogP contribution in [0.1, 0.15) is 13.3 Å². The van der Waals surface area contributed by atoms with Gasteiger partial charge in [0.25, 0.3) is 0 Å². The van der Waals surface area contributed by atoms with Gasteiger partial charge >= 0.3 is 11.9 Å². The maximum absolute atomic E-state index is 10.7. The minimum atomic E-state index is -0.424. The largest absolute Gasteiger partial charge is 0.469 e. The third-order valence-electron chi connectivity index (χ3n) is 1.30. The minimum absolute atomic E-state index is 0.0726. The summed E-state index contributed by atoms with van der Waals surface area (Å²) >= 11 is 0. The zero-order chi connectivity index (χ0) is 8.85. The lowest BCUT2D eigenvalue weighted by molar-refractivity contribution is -0.151. The summed E-state index contributed by atoms with van der Waals surface area (Å²) in [6.07, 6.45) is 0.0726. The Bertz CT molecular complexity index is 153. The molecule has 0 saturated heterocycles. The molecule has 0 aliphatic carbocycles. The van der Waals surface area contributed by atoms with Crippen molar-refractivity contribution in [3.05, 3.63) is 0 Å². The molecule has 0 N–H and O–H groups in total. The molecule has 0 spiro atoms. The summed E-state index contributed by atoms with van der Waals surface area (Å²) in [5.41, 5.74) is 0. The van der Waals surface area contributed by atoms with E-state index in [-0.39, 0.29) is 6.42 Å². The number of hydrogen-bond acceptors (Lipinski definition) is 4. The molecule has 0 amide bonds. The van der Waals surface area contributed by atoms with Crippen LogP contribution in [-0.4, -0.2) is 26.2 Å². The van der Waals surface area contributed by atoms with Crippen LogP contribution in [0.3, 0.4) is 0 Å². The maximum atomic E-state index is 10.7. The topological polar surface area (TPSA) is 52.6 Å². The molecule has 4 nitrogen and oxygen atoms in total. The fraction of sp³-hybridized carbons (Fsp3) is 0.714. The molecular weight excluding hydrogens is 148 g/mol. The Kier molecular flexibility index (Phi) is 4.26. The van der Waals surface area contributed by atoms with Gasteiger partial charge in [-0.25, -0.2) is 0 Å². The molecule has 0 aliphatic rings. The summed E-state index contributed by atoms with van der Waals surface area (Å²) in [7, 11) is 2.57. The number of carbonyl (C=O) groups is 2. The van der Waals surface area contributed by atoms with Crippen molar-refractivity contribution in [2.75, 3.05) is 14.2 Å². The Labute approximate surface area is 65.5 Å². The van der Waals surface area contributed by atoms with E-state index in [4.69, 9.17) is 0 Å². The van der Waals surface area contributed by atoms with Gasteiger partial charge < -0.3 is 9.47 Å². The standard InChI is InChI=1S/C7H12O4/c1-5(7(9)11-3)4-6(8)10-2/h5H,4H2,1-3H3/t5-/m1/s1. The van der Waals surface area contributed by atoms with Crippen molar-refractivity contribution in [2.24, 2.45) is 5.92 Å². The smallest absolute Gasteiger partial charge is 0.308 e. The van der Waals surface area contributed by atoms with E-state index >= 15 is 0 Å². The molecule has 0 aromatic carbocycles. The van der Waals surface area contributed by atoms with Crippen molar-refractivity contribution in [1.82, 2.24) is 0 Å². The van der Waals surface area contributed by atoms with Gasteiger partial charge in [0, 0.05) is 0 Å². The second-order valence-corrected chi connectivity index (χ2v) is 2.20. The molecule has 4 heteroatoms. The summed E-state index contributed by atoms with van der Waals surface area (Å²) in [5.74, 6) is -1.22. The Hall–Kier alpha value is -1.06. The molecule has 0 bridgehead atoms. The van der Waals surface area contributed by atoms with E-state index in [2.05, 4.69) is 9.47 Å². The molecule has 0 unspecified atom stereocenters. The molecule has 0 saturated carbocycles. The van der Waals surface area contributed by atoms with Gasteiger partial charge in [-0.3, -0.25) is 9.59 Å². The lowest BCUT2D eigenvalue weighted by Gasteiger charge is -2.05. The minimum Gasteiger partial charge on any atom is -0.469 e. The lowest BCUT2D eigenvalue weighted by Crippen LogP contribution is -2.17. The normalized spacial score (nSPS) is 11.9. The zero-order valence-corrected chi connectivity index (χ0v) is 6.92. The second-order valence-electron chi connectivity index (χ2n) is 2.20. The Balaban J connectivity index is 3.77. The predicted octanol–water partition coefficient (Wildman–Crippen LogP) is 0.359. The van der Waals surface area contributed by atoms with Crippen molar-refractivity contribution in [3.8, 4) is 0 Å². The first-order valence-corrected chi connectivity index (χ1v) is 3.26. The van der Waals surface area contributed by atoms with Crippen LogP contribution >= 0.6 is 0 Å². The van der Waals surface area contributed by atoms with Crippen molar-refractivity contribution < 1.29 is 19.1 Å².